The minimum absolute atomic E-state index is 0.355. The number of nitrogen functional groups attached to an aromatic ring is 1. The van der Waals surface area contributed by atoms with Gasteiger partial charge in [-0.05, 0) is 11.1 Å². The highest BCUT2D eigenvalue weighted by molar-refractivity contribution is 6.32. The Morgan fingerprint density at radius 2 is 1.81 bits per heavy atom. The Bertz CT molecular complexity index is 476. The Morgan fingerprint density at radius 1 is 1.12 bits per heavy atom. The summed E-state index contributed by atoms with van der Waals surface area (Å²) in [6.45, 7) is 0.509. The normalized spacial score (nSPS) is 10.4. The average molecular weight is 235 g/mol. The van der Waals surface area contributed by atoms with Gasteiger partial charge in [0.1, 0.15) is 17.3 Å². The van der Waals surface area contributed by atoms with Gasteiger partial charge in [-0.1, -0.05) is 35.9 Å². The molecule has 0 aliphatic heterocycles. The molecule has 82 valence electrons. The van der Waals surface area contributed by atoms with E-state index in [9.17, 15) is 0 Å². The minimum atomic E-state index is 0.355. The van der Waals surface area contributed by atoms with E-state index in [0.717, 1.165) is 11.1 Å². The van der Waals surface area contributed by atoms with Crippen molar-refractivity contribution < 1.29 is 0 Å². The second kappa shape index (κ2) is 4.47. The Labute approximate surface area is 98.3 Å². The van der Waals surface area contributed by atoms with E-state index < -0.39 is 0 Å². The molecule has 0 amide bonds. The van der Waals surface area contributed by atoms with Crippen LogP contribution in [-0.4, -0.2) is 9.97 Å². The maximum atomic E-state index is 5.98. The largest absolute Gasteiger partial charge is 0.383 e. The molecular weight excluding hydrogens is 224 g/mol. The van der Waals surface area contributed by atoms with E-state index in [1.807, 2.05) is 24.3 Å². The van der Waals surface area contributed by atoms with Gasteiger partial charge in [-0.2, -0.15) is 0 Å². The van der Waals surface area contributed by atoms with E-state index in [4.69, 9.17) is 23.1 Å². The third-order valence-corrected chi connectivity index (χ3v) is 2.60. The summed E-state index contributed by atoms with van der Waals surface area (Å²) in [6, 6.07) is 7.67. The maximum absolute atomic E-state index is 5.98. The standard InChI is InChI=1S/C11H11ClN4/c12-10-9(11(14)16-6-15-10)8-3-1-7(5-13)2-4-8/h1-4,6H,5,13H2,(H2,14,15,16). The number of hydrogen-bond acceptors (Lipinski definition) is 4. The summed E-state index contributed by atoms with van der Waals surface area (Å²) in [6.07, 6.45) is 1.34. The van der Waals surface area contributed by atoms with Crippen molar-refractivity contribution in [2.24, 2.45) is 5.73 Å². The smallest absolute Gasteiger partial charge is 0.142 e. The fraction of sp³-hybridized carbons (Fsp3) is 0.0909. The van der Waals surface area contributed by atoms with E-state index in [1.54, 1.807) is 0 Å². The van der Waals surface area contributed by atoms with E-state index in [-0.39, 0.29) is 0 Å². The lowest BCUT2D eigenvalue weighted by atomic mass is 10.1. The highest BCUT2D eigenvalue weighted by Crippen LogP contribution is 2.29. The zero-order chi connectivity index (χ0) is 11.5. The summed E-state index contributed by atoms with van der Waals surface area (Å²) in [5, 5.41) is 0.355. The number of aromatic nitrogens is 2. The number of hydrogen-bond donors (Lipinski definition) is 2. The first kappa shape index (κ1) is 10.9. The van der Waals surface area contributed by atoms with E-state index >= 15 is 0 Å². The molecule has 5 heteroatoms. The first-order valence-corrected chi connectivity index (χ1v) is 5.15. The van der Waals surface area contributed by atoms with Crippen molar-refractivity contribution in [3.05, 3.63) is 41.3 Å². The maximum Gasteiger partial charge on any atom is 0.142 e. The summed E-state index contributed by atoms with van der Waals surface area (Å²) in [5.74, 6) is 0.375. The number of halogens is 1. The lowest BCUT2D eigenvalue weighted by molar-refractivity contribution is 1.07. The van der Waals surface area contributed by atoms with Crippen molar-refractivity contribution in [3.63, 3.8) is 0 Å². The molecule has 1 aromatic carbocycles. The van der Waals surface area contributed by atoms with Crippen molar-refractivity contribution >= 4 is 17.4 Å². The topological polar surface area (TPSA) is 77.8 Å². The Hall–Kier alpha value is -1.65. The van der Waals surface area contributed by atoms with Crippen LogP contribution in [0.25, 0.3) is 11.1 Å². The molecule has 0 fully saturated rings. The molecule has 1 aromatic heterocycles. The SMILES string of the molecule is NCc1ccc(-c2c(N)ncnc2Cl)cc1. The van der Waals surface area contributed by atoms with Crippen LogP contribution in [0.3, 0.4) is 0 Å². The van der Waals surface area contributed by atoms with Gasteiger partial charge in [0.05, 0.1) is 5.56 Å². The molecule has 0 saturated carbocycles. The monoisotopic (exact) mass is 234 g/mol. The molecular formula is C11H11ClN4. The van der Waals surface area contributed by atoms with E-state index in [1.165, 1.54) is 6.33 Å². The van der Waals surface area contributed by atoms with Gasteiger partial charge in [-0.15, -0.1) is 0 Å². The third kappa shape index (κ3) is 1.98. The molecule has 2 aromatic rings. The van der Waals surface area contributed by atoms with Crippen LogP contribution in [0, 0.1) is 0 Å². The second-order valence-electron chi connectivity index (χ2n) is 3.33. The summed E-state index contributed by atoms with van der Waals surface area (Å²) in [4.78, 5) is 7.83. The zero-order valence-electron chi connectivity index (χ0n) is 8.52. The number of rotatable bonds is 2. The van der Waals surface area contributed by atoms with Crippen molar-refractivity contribution in [1.82, 2.24) is 9.97 Å². The summed E-state index contributed by atoms with van der Waals surface area (Å²) >= 11 is 5.98. The van der Waals surface area contributed by atoms with Crippen LogP contribution in [0.5, 0.6) is 0 Å². The van der Waals surface area contributed by atoms with Crippen LogP contribution in [0.1, 0.15) is 5.56 Å². The highest BCUT2D eigenvalue weighted by atomic mass is 35.5. The lowest BCUT2D eigenvalue weighted by Crippen LogP contribution is -1.98. The highest BCUT2D eigenvalue weighted by Gasteiger charge is 2.09. The second-order valence-corrected chi connectivity index (χ2v) is 3.68. The van der Waals surface area contributed by atoms with Gasteiger partial charge in [0.2, 0.25) is 0 Å². The van der Waals surface area contributed by atoms with Gasteiger partial charge >= 0.3 is 0 Å². The van der Waals surface area contributed by atoms with Crippen molar-refractivity contribution in [1.29, 1.82) is 0 Å². The molecule has 0 atom stereocenters. The van der Waals surface area contributed by atoms with Gasteiger partial charge in [-0.3, -0.25) is 0 Å². The Kier molecular flexibility index (Phi) is 3.03. The van der Waals surface area contributed by atoms with Crippen LogP contribution >= 0.6 is 11.6 Å². The molecule has 0 saturated heterocycles. The Balaban J connectivity index is 2.50. The molecule has 0 radical (unpaired) electrons. The van der Waals surface area contributed by atoms with Crippen molar-refractivity contribution in [2.75, 3.05) is 5.73 Å². The first-order chi connectivity index (χ1) is 7.72. The van der Waals surface area contributed by atoms with Gasteiger partial charge in [-0.25, -0.2) is 9.97 Å². The number of anilines is 1. The van der Waals surface area contributed by atoms with Crippen LogP contribution < -0.4 is 11.5 Å². The van der Waals surface area contributed by atoms with Crippen LogP contribution in [0.4, 0.5) is 5.82 Å². The number of nitrogens with zero attached hydrogens (tertiary/aromatic N) is 2. The average Bonchev–Trinajstić information content (AvgIpc) is 2.30. The molecule has 1 heterocycles. The van der Waals surface area contributed by atoms with E-state index in [2.05, 4.69) is 9.97 Å². The molecule has 0 unspecified atom stereocenters. The molecule has 4 nitrogen and oxygen atoms in total. The predicted molar refractivity (Wildman–Crippen MR) is 64.8 cm³/mol. The van der Waals surface area contributed by atoms with Crippen molar-refractivity contribution in [2.45, 2.75) is 6.54 Å². The molecule has 0 spiro atoms. The molecule has 16 heavy (non-hydrogen) atoms. The Morgan fingerprint density at radius 3 is 2.38 bits per heavy atom. The fourth-order valence-corrected chi connectivity index (χ4v) is 1.70. The molecule has 2 rings (SSSR count). The number of benzene rings is 1. The van der Waals surface area contributed by atoms with Crippen LogP contribution in [0.15, 0.2) is 30.6 Å². The summed E-state index contributed by atoms with van der Waals surface area (Å²) < 4.78 is 0. The summed E-state index contributed by atoms with van der Waals surface area (Å²) in [5.41, 5.74) is 13.9. The quantitative estimate of drug-likeness (QED) is 0.778. The van der Waals surface area contributed by atoms with Crippen molar-refractivity contribution in [3.8, 4) is 11.1 Å². The third-order valence-electron chi connectivity index (χ3n) is 2.31. The number of nitrogens with two attached hydrogens (primary N) is 2. The zero-order valence-corrected chi connectivity index (χ0v) is 9.28. The fourth-order valence-electron chi connectivity index (χ4n) is 1.45. The van der Waals surface area contributed by atoms with Gasteiger partial charge in [0.25, 0.3) is 0 Å². The first-order valence-electron chi connectivity index (χ1n) is 4.77. The minimum Gasteiger partial charge on any atom is -0.383 e. The summed E-state index contributed by atoms with van der Waals surface area (Å²) in [7, 11) is 0. The molecule has 0 aliphatic rings. The van der Waals surface area contributed by atoms with Gasteiger partial charge in [0, 0.05) is 6.54 Å². The van der Waals surface area contributed by atoms with Crippen LogP contribution in [-0.2, 0) is 6.54 Å². The predicted octanol–water partition coefficient (Wildman–Crippen LogP) is 1.84. The molecule has 0 bridgehead atoms. The molecule has 4 N–H and O–H groups in total. The molecule has 0 aliphatic carbocycles. The van der Waals surface area contributed by atoms with Gasteiger partial charge in [0.15, 0.2) is 0 Å². The van der Waals surface area contributed by atoms with Gasteiger partial charge < -0.3 is 11.5 Å². The lowest BCUT2D eigenvalue weighted by Gasteiger charge is -2.06. The van der Waals surface area contributed by atoms with E-state index in [0.29, 0.717) is 23.1 Å². The van der Waals surface area contributed by atoms with Crippen LogP contribution in [0.2, 0.25) is 5.15 Å².